The van der Waals surface area contributed by atoms with Gasteiger partial charge in [-0.2, -0.15) is 10.2 Å². The van der Waals surface area contributed by atoms with Gasteiger partial charge >= 0.3 is 0 Å². The maximum Gasteiger partial charge on any atom is 0.176 e. The lowest BCUT2D eigenvalue weighted by Gasteiger charge is -2.07. The average molecular weight is 322 g/mol. The van der Waals surface area contributed by atoms with Crippen LogP contribution in [0.4, 0.5) is 11.6 Å². The number of allylic oxidation sites excluding steroid dienone is 4. The van der Waals surface area contributed by atoms with Gasteiger partial charge in [-0.05, 0) is 38.8 Å². The lowest BCUT2D eigenvalue weighted by atomic mass is 10.2. The van der Waals surface area contributed by atoms with E-state index in [-0.39, 0.29) is 0 Å². The minimum Gasteiger partial charge on any atom is -0.259 e. The molecule has 0 aliphatic heterocycles. The Bertz CT molecular complexity index is 749. The Labute approximate surface area is 142 Å². The van der Waals surface area contributed by atoms with E-state index in [9.17, 15) is 0 Å². The number of anilines is 2. The zero-order chi connectivity index (χ0) is 17.4. The van der Waals surface area contributed by atoms with Crippen molar-refractivity contribution in [3.05, 3.63) is 47.6 Å². The third-order valence-corrected chi connectivity index (χ3v) is 3.48. The summed E-state index contributed by atoms with van der Waals surface area (Å²) in [4.78, 5) is 0. The largest absolute Gasteiger partial charge is 0.259 e. The summed E-state index contributed by atoms with van der Waals surface area (Å²) in [5.74, 6) is 1.20. The minimum absolute atomic E-state index is 0.602. The maximum absolute atomic E-state index is 4.20. The van der Waals surface area contributed by atoms with Crippen LogP contribution in [0.5, 0.6) is 0 Å². The van der Waals surface area contributed by atoms with Crippen LogP contribution in [-0.4, -0.2) is 22.6 Å². The van der Waals surface area contributed by atoms with E-state index in [0.717, 1.165) is 21.9 Å². The summed E-state index contributed by atoms with van der Waals surface area (Å²) in [5.41, 5.74) is 8.01. The molecule has 0 amide bonds. The first-order valence-corrected chi connectivity index (χ1v) is 7.75. The number of nitrogens with one attached hydrogen (secondary N) is 2. The fourth-order valence-corrected chi connectivity index (χ4v) is 1.81. The van der Waals surface area contributed by atoms with Crippen molar-refractivity contribution in [2.24, 2.45) is 10.2 Å². The first-order valence-electron chi connectivity index (χ1n) is 7.75. The lowest BCUT2D eigenvalue weighted by molar-refractivity contribution is 1.03. The highest BCUT2D eigenvalue weighted by molar-refractivity contribution is 5.98. The van der Waals surface area contributed by atoms with Crippen molar-refractivity contribution in [2.75, 3.05) is 10.9 Å². The zero-order valence-electron chi connectivity index (χ0n) is 14.4. The van der Waals surface area contributed by atoms with Crippen LogP contribution < -0.4 is 10.9 Å². The van der Waals surface area contributed by atoms with E-state index < -0.39 is 0 Å². The lowest BCUT2D eigenvalue weighted by Crippen LogP contribution is -2.01. The fraction of sp³-hybridized carbons (Fsp3) is 0.222. The number of nitrogens with zero attached hydrogens (tertiary/aromatic N) is 4. The second-order valence-electron chi connectivity index (χ2n) is 5.25. The summed E-state index contributed by atoms with van der Waals surface area (Å²) in [6, 6.07) is 7.84. The Morgan fingerprint density at radius 2 is 1.25 bits per heavy atom. The van der Waals surface area contributed by atoms with Gasteiger partial charge in [-0.3, -0.25) is 10.9 Å². The number of fused-ring (bicyclic) bond motifs is 1. The number of hydrogen-bond donors (Lipinski definition) is 2. The van der Waals surface area contributed by atoms with Crippen LogP contribution in [0.15, 0.2) is 57.8 Å². The Hall–Kier alpha value is -3.02. The molecule has 6 nitrogen and oxygen atoms in total. The van der Waals surface area contributed by atoms with E-state index in [2.05, 4.69) is 31.3 Å². The molecule has 2 aromatic rings. The van der Waals surface area contributed by atoms with Gasteiger partial charge in [0.1, 0.15) is 0 Å². The van der Waals surface area contributed by atoms with E-state index in [1.807, 2.05) is 64.1 Å². The molecule has 0 aliphatic carbocycles. The molecular formula is C18H22N6. The molecule has 0 fully saturated rings. The molecular weight excluding hydrogens is 300 g/mol. The molecule has 1 aromatic heterocycles. The van der Waals surface area contributed by atoms with Gasteiger partial charge < -0.3 is 0 Å². The second-order valence-corrected chi connectivity index (χ2v) is 5.25. The monoisotopic (exact) mass is 322 g/mol. The van der Waals surface area contributed by atoms with Crippen molar-refractivity contribution in [3.8, 4) is 0 Å². The Morgan fingerprint density at radius 3 is 1.62 bits per heavy atom. The highest BCUT2D eigenvalue weighted by Crippen LogP contribution is 2.25. The number of hydrogen-bond acceptors (Lipinski definition) is 6. The third-order valence-electron chi connectivity index (χ3n) is 3.48. The minimum atomic E-state index is 0.602. The van der Waals surface area contributed by atoms with Crippen LogP contribution in [0.2, 0.25) is 0 Å². The van der Waals surface area contributed by atoms with Gasteiger partial charge in [0.05, 0.1) is 0 Å². The van der Waals surface area contributed by atoms with Crippen LogP contribution in [0, 0.1) is 0 Å². The zero-order valence-corrected chi connectivity index (χ0v) is 14.4. The molecule has 1 heterocycles. The molecule has 0 saturated heterocycles. The molecule has 6 heteroatoms. The molecule has 0 aliphatic rings. The van der Waals surface area contributed by atoms with Gasteiger partial charge in [0.25, 0.3) is 0 Å². The predicted molar refractivity (Wildman–Crippen MR) is 103 cm³/mol. The molecule has 0 spiro atoms. The summed E-state index contributed by atoms with van der Waals surface area (Å²) >= 11 is 0. The molecule has 0 unspecified atom stereocenters. The molecule has 0 saturated carbocycles. The van der Waals surface area contributed by atoms with Crippen LogP contribution >= 0.6 is 0 Å². The molecule has 24 heavy (non-hydrogen) atoms. The fourth-order valence-electron chi connectivity index (χ4n) is 1.81. The Balaban J connectivity index is 2.29. The van der Waals surface area contributed by atoms with Gasteiger partial charge in [-0.25, -0.2) is 0 Å². The highest BCUT2D eigenvalue weighted by Gasteiger charge is 2.07. The molecule has 2 rings (SSSR count). The van der Waals surface area contributed by atoms with Gasteiger partial charge in [0.15, 0.2) is 11.6 Å². The van der Waals surface area contributed by atoms with Crippen molar-refractivity contribution in [3.63, 3.8) is 0 Å². The van der Waals surface area contributed by atoms with Crippen molar-refractivity contribution in [2.45, 2.75) is 27.7 Å². The number of aromatic nitrogens is 2. The highest BCUT2D eigenvalue weighted by atomic mass is 15.4. The van der Waals surface area contributed by atoms with Gasteiger partial charge in [0, 0.05) is 23.2 Å². The van der Waals surface area contributed by atoms with E-state index in [4.69, 9.17) is 0 Å². The Morgan fingerprint density at radius 1 is 0.833 bits per heavy atom. The quantitative estimate of drug-likeness (QED) is 0.612. The predicted octanol–water partition coefficient (Wildman–Crippen LogP) is 4.36. The second kappa shape index (κ2) is 8.57. The Kier molecular flexibility index (Phi) is 6.19. The third kappa shape index (κ3) is 4.49. The topological polar surface area (TPSA) is 74.6 Å². The van der Waals surface area contributed by atoms with E-state index in [1.54, 1.807) is 12.4 Å². The maximum atomic E-state index is 4.20. The average Bonchev–Trinajstić information content (AvgIpc) is 2.62. The number of benzene rings is 1. The van der Waals surface area contributed by atoms with Crippen molar-refractivity contribution in [1.82, 2.24) is 10.2 Å². The molecule has 0 bridgehead atoms. The van der Waals surface area contributed by atoms with Gasteiger partial charge in [-0.1, -0.05) is 36.4 Å². The van der Waals surface area contributed by atoms with Crippen LogP contribution in [0.3, 0.4) is 0 Å². The van der Waals surface area contributed by atoms with E-state index in [1.165, 1.54) is 0 Å². The molecule has 1 aromatic carbocycles. The molecule has 0 radical (unpaired) electrons. The van der Waals surface area contributed by atoms with Crippen LogP contribution in [0.25, 0.3) is 10.8 Å². The SMILES string of the molecule is CC=C(C)C=NNc1nnc(NN=CC(C)=CC)c2ccccc12. The smallest absolute Gasteiger partial charge is 0.176 e. The van der Waals surface area contributed by atoms with Gasteiger partial charge in [-0.15, -0.1) is 10.2 Å². The summed E-state index contributed by atoms with van der Waals surface area (Å²) in [6.45, 7) is 7.89. The van der Waals surface area contributed by atoms with Gasteiger partial charge in [0.2, 0.25) is 0 Å². The molecule has 124 valence electrons. The summed E-state index contributed by atoms with van der Waals surface area (Å²) in [6.07, 6.45) is 7.44. The van der Waals surface area contributed by atoms with Crippen molar-refractivity contribution >= 4 is 34.8 Å². The molecule has 0 atom stereocenters. The van der Waals surface area contributed by atoms with Crippen LogP contribution in [-0.2, 0) is 0 Å². The summed E-state index contributed by atoms with van der Waals surface area (Å²) in [7, 11) is 0. The van der Waals surface area contributed by atoms with E-state index >= 15 is 0 Å². The normalized spacial score (nSPS) is 13.2. The number of hydrazone groups is 2. The first kappa shape index (κ1) is 17.3. The summed E-state index contributed by atoms with van der Waals surface area (Å²) < 4.78 is 0. The standard InChI is InChI=1S/C18H22N6/c1-5-13(3)11-19-21-17-15-9-7-8-10-16(15)18(24-23-17)22-20-12-14(4)6-2/h5-12H,1-4H3,(H,21,23)(H,22,24). The van der Waals surface area contributed by atoms with Crippen molar-refractivity contribution in [1.29, 1.82) is 0 Å². The first-order chi connectivity index (χ1) is 11.7. The van der Waals surface area contributed by atoms with Crippen LogP contribution in [0.1, 0.15) is 27.7 Å². The molecule has 2 N–H and O–H groups in total. The summed E-state index contributed by atoms with van der Waals surface area (Å²) in [5, 5.41) is 18.6. The number of rotatable bonds is 6. The van der Waals surface area contributed by atoms with Crippen molar-refractivity contribution < 1.29 is 0 Å². The van der Waals surface area contributed by atoms with E-state index in [0.29, 0.717) is 11.6 Å².